The SMILES string of the molecule is COC(=O)CCCN1CC[C@@H](CNC(=O)c2cc(N)c(Cl)c3c2OCCO3)[C@H](O)C1. The Morgan fingerprint density at radius 3 is 2.80 bits per heavy atom. The van der Waals surface area contributed by atoms with Gasteiger partial charge in [0.2, 0.25) is 0 Å². The van der Waals surface area contributed by atoms with Gasteiger partial charge in [-0.2, -0.15) is 0 Å². The van der Waals surface area contributed by atoms with E-state index in [1.54, 1.807) is 0 Å². The van der Waals surface area contributed by atoms with Crippen LogP contribution in [-0.2, 0) is 9.53 Å². The van der Waals surface area contributed by atoms with Crippen molar-refractivity contribution in [1.82, 2.24) is 10.2 Å². The Hall–Kier alpha value is -2.23. The Morgan fingerprint density at radius 2 is 2.10 bits per heavy atom. The molecule has 4 N–H and O–H groups in total. The first kappa shape index (κ1) is 22.5. The number of hydrogen-bond acceptors (Lipinski definition) is 8. The van der Waals surface area contributed by atoms with Crippen LogP contribution < -0.4 is 20.5 Å². The zero-order valence-electron chi connectivity index (χ0n) is 17.0. The third-order valence-corrected chi connectivity index (χ3v) is 5.83. The molecule has 2 heterocycles. The summed E-state index contributed by atoms with van der Waals surface area (Å²) in [5, 5.41) is 13.6. The summed E-state index contributed by atoms with van der Waals surface area (Å²) < 4.78 is 15.7. The number of hydrogen-bond donors (Lipinski definition) is 3. The van der Waals surface area contributed by atoms with Gasteiger partial charge in [-0.25, -0.2) is 0 Å². The van der Waals surface area contributed by atoms with E-state index in [0.717, 1.165) is 19.5 Å². The number of fused-ring (bicyclic) bond motifs is 1. The summed E-state index contributed by atoms with van der Waals surface area (Å²) in [6.07, 6.45) is 1.22. The van der Waals surface area contributed by atoms with Crippen LogP contribution in [0.3, 0.4) is 0 Å². The fourth-order valence-corrected chi connectivity index (χ4v) is 3.92. The molecule has 9 nitrogen and oxygen atoms in total. The second-order valence-electron chi connectivity index (χ2n) is 7.49. The molecular formula is C20H28ClN3O6. The number of ether oxygens (including phenoxy) is 3. The van der Waals surface area contributed by atoms with E-state index in [1.807, 2.05) is 0 Å². The largest absolute Gasteiger partial charge is 0.485 e. The van der Waals surface area contributed by atoms with E-state index in [-0.39, 0.29) is 39.8 Å². The van der Waals surface area contributed by atoms with Crippen molar-refractivity contribution < 1.29 is 28.9 Å². The topological polar surface area (TPSA) is 123 Å². The molecule has 30 heavy (non-hydrogen) atoms. The van der Waals surface area contributed by atoms with Crippen LogP contribution in [0.2, 0.25) is 5.02 Å². The molecule has 1 amide bonds. The Morgan fingerprint density at radius 1 is 1.37 bits per heavy atom. The van der Waals surface area contributed by atoms with Crippen LogP contribution >= 0.6 is 11.6 Å². The Bertz CT molecular complexity index is 790. The number of carbonyl (C=O) groups is 2. The summed E-state index contributed by atoms with van der Waals surface area (Å²) in [5.41, 5.74) is 6.41. The summed E-state index contributed by atoms with van der Waals surface area (Å²) in [6, 6.07) is 1.48. The molecule has 1 fully saturated rings. The van der Waals surface area contributed by atoms with Crippen molar-refractivity contribution in [3.05, 3.63) is 16.7 Å². The summed E-state index contributed by atoms with van der Waals surface area (Å²) in [7, 11) is 1.37. The Labute approximate surface area is 180 Å². The predicted molar refractivity (Wildman–Crippen MR) is 111 cm³/mol. The molecule has 3 rings (SSSR count). The quantitative estimate of drug-likeness (QED) is 0.424. The molecule has 1 aromatic rings. The van der Waals surface area contributed by atoms with Crippen LogP contribution in [0.5, 0.6) is 11.5 Å². The summed E-state index contributed by atoms with van der Waals surface area (Å²) in [5.74, 6) is -0.0730. The predicted octanol–water partition coefficient (Wildman–Crippen LogP) is 1.06. The standard InChI is InChI=1S/C20H28ClN3O6/c1-28-16(26)3-2-5-24-6-4-12(15(25)11-24)10-23-20(27)13-9-14(22)17(21)19-18(13)29-7-8-30-19/h9,12,15,25H,2-8,10-11,22H2,1H3,(H,23,27)/t12-,15+/m0/s1. The van der Waals surface area contributed by atoms with E-state index in [4.69, 9.17) is 26.8 Å². The van der Waals surface area contributed by atoms with E-state index < -0.39 is 6.10 Å². The highest BCUT2D eigenvalue weighted by Crippen LogP contribution is 2.43. The number of aliphatic hydroxyl groups excluding tert-OH is 1. The number of nitrogens with two attached hydrogens (primary N) is 1. The lowest BCUT2D eigenvalue weighted by atomic mass is 9.93. The minimum atomic E-state index is -0.569. The van der Waals surface area contributed by atoms with Gasteiger partial charge in [-0.05, 0) is 32.0 Å². The highest BCUT2D eigenvalue weighted by atomic mass is 35.5. The summed E-state index contributed by atoms with van der Waals surface area (Å²) in [6.45, 7) is 3.00. The molecule has 2 atom stereocenters. The number of esters is 1. The molecule has 166 valence electrons. The Balaban J connectivity index is 1.52. The van der Waals surface area contributed by atoms with Crippen LogP contribution in [0.4, 0.5) is 5.69 Å². The van der Waals surface area contributed by atoms with Gasteiger partial charge in [0, 0.05) is 25.4 Å². The number of rotatable bonds is 7. The van der Waals surface area contributed by atoms with E-state index in [2.05, 4.69) is 15.0 Å². The zero-order chi connectivity index (χ0) is 21.7. The van der Waals surface area contributed by atoms with E-state index >= 15 is 0 Å². The minimum Gasteiger partial charge on any atom is -0.485 e. The number of aliphatic hydroxyl groups is 1. The monoisotopic (exact) mass is 441 g/mol. The number of β-amino-alcohol motifs (C(OH)–C–C–N with tert-alkyl or cyclic N) is 1. The van der Waals surface area contributed by atoms with Crippen molar-refractivity contribution in [2.45, 2.75) is 25.4 Å². The molecule has 0 bridgehead atoms. The third-order valence-electron chi connectivity index (χ3n) is 5.44. The molecule has 0 aliphatic carbocycles. The first-order valence-corrected chi connectivity index (χ1v) is 10.4. The molecule has 2 aliphatic rings. The van der Waals surface area contributed by atoms with Gasteiger partial charge in [-0.3, -0.25) is 9.59 Å². The van der Waals surface area contributed by atoms with Crippen LogP contribution in [0.25, 0.3) is 0 Å². The number of anilines is 1. The average Bonchev–Trinajstić information content (AvgIpc) is 2.75. The number of halogens is 1. The molecule has 0 saturated carbocycles. The van der Waals surface area contributed by atoms with Gasteiger partial charge in [0.05, 0.1) is 24.5 Å². The molecule has 1 saturated heterocycles. The van der Waals surface area contributed by atoms with Crippen molar-refractivity contribution in [1.29, 1.82) is 0 Å². The van der Waals surface area contributed by atoms with Crippen molar-refractivity contribution in [2.75, 3.05) is 52.2 Å². The van der Waals surface area contributed by atoms with Gasteiger partial charge in [0.25, 0.3) is 5.91 Å². The number of piperidine rings is 1. The number of likely N-dealkylation sites (tertiary alicyclic amines) is 1. The van der Waals surface area contributed by atoms with E-state index in [0.29, 0.717) is 44.9 Å². The second kappa shape index (κ2) is 10.2. The number of carbonyl (C=O) groups excluding carboxylic acids is 2. The average molecular weight is 442 g/mol. The normalized spacial score (nSPS) is 21.2. The molecular weight excluding hydrogens is 414 g/mol. The highest BCUT2D eigenvalue weighted by Gasteiger charge is 2.29. The maximum atomic E-state index is 12.7. The van der Waals surface area contributed by atoms with Crippen LogP contribution in [0, 0.1) is 5.92 Å². The molecule has 0 unspecified atom stereocenters. The van der Waals surface area contributed by atoms with Gasteiger partial charge in [0.15, 0.2) is 11.5 Å². The first-order valence-electron chi connectivity index (χ1n) is 10.0. The Kier molecular flexibility index (Phi) is 7.63. The fourth-order valence-electron chi connectivity index (χ4n) is 3.72. The van der Waals surface area contributed by atoms with Gasteiger partial charge < -0.3 is 35.3 Å². The fraction of sp³-hybridized carbons (Fsp3) is 0.600. The zero-order valence-corrected chi connectivity index (χ0v) is 17.7. The lowest BCUT2D eigenvalue weighted by Crippen LogP contribution is -2.47. The molecule has 0 aromatic heterocycles. The lowest BCUT2D eigenvalue weighted by Gasteiger charge is -2.36. The van der Waals surface area contributed by atoms with Gasteiger partial charge in [-0.1, -0.05) is 11.6 Å². The molecule has 1 aromatic carbocycles. The summed E-state index contributed by atoms with van der Waals surface area (Å²) in [4.78, 5) is 26.1. The third kappa shape index (κ3) is 5.27. The molecule has 2 aliphatic heterocycles. The van der Waals surface area contributed by atoms with E-state index in [1.165, 1.54) is 13.2 Å². The number of nitrogens with one attached hydrogen (secondary N) is 1. The lowest BCUT2D eigenvalue weighted by molar-refractivity contribution is -0.140. The summed E-state index contributed by atoms with van der Waals surface area (Å²) >= 11 is 6.16. The van der Waals surface area contributed by atoms with E-state index in [9.17, 15) is 14.7 Å². The number of amides is 1. The van der Waals surface area contributed by atoms with Crippen LogP contribution in [0.15, 0.2) is 6.07 Å². The smallest absolute Gasteiger partial charge is 0.305 e. The van der Waals surface area contributed by atoms with Crippen molar-refractivity contribution in [2.24, 2.45) is 5.92 Å². The molecule has 10 heteroatoms. The number of benzene rings is 1. The number of nitrogen functional groups attached to an aromatic ring is 1. The van der Waals surface area contributed by atoms with Crippen molar-refractivity contribution >= 4 is 29.2 Å². The molecule has 0 spiro atoms. The highest BCUT2D eigenvalue weighted by molar-refractivity contribution is 6.35. The molecule has 0 radical (unpaired) electrons. The van der Waals surface area contributed by atoms with Gasteiger partial charge in [-0.15, -0.1) is 0 Å². The van der Waals surface area contributed by atoms with Crippen LogP contribution in [-0.4, -0.2) is 74.5 Å². The van der Waals surface area contributed by atoms with Gasteiger partial charge in [0.1, 0.15) is 18.2 Å². The second-order valence-corrected chi connectivity index (χ2v) is 7.87. The van der Waals surface area contributed by atoms with Gasteiger partial charge >= 0.3 is 5.97 Å². The van der Waals surface area contributed by atoms with Crippen LogP contribution in [0.1, 0.15) is 29.6 Å². The maximum absolute atomic E-state index is 12.7. The van der Waals surface area contributed by atoms with Crippen molar-refractivity contribution in [3.8, 4) is 11.5 Å². The number of nitrogens with zero attached hydrogens (tertiary/aromatic N) is 1. The number of methoxy groups -OCH3 is 1. The van der Waals surface area contributed by atoms with Crippen molar-refractivity contribution in [3.63, 3.8) is 0 Å². The first-order chi connectivity index (χ1) is 14.4. The maximum Gasteiger partial charge on any atom is 0.305 e. The minimum absolute atomic E-state index is 0.0663.